The Bertz CT molecular complexity index is 888. The lowest BCUT2D eigenvalue weighted by Crippen LogP contribution is -2.18. The fourth-order valence-electron chi connectivity index (χ4n) is 4.22. The first-order valence-corrected chi connectivity index (χ1v) is 11.8. The standard InChI is InChI=1S/C25H29ClO3S/c1-2-3-6-17-7-4-8-18(15-17)11-13-21-20(22(26)16-23(21)27)10-5-9-19-12-14-24(30-19)25(28)29/h2,4,7-8,11-15,20-23,27H,1,3,5-6,9-10,16H2,(H,28,29). The van der Waals surface area contributed by atoms with Crippen LogP contribution >= 0.6 is 22.9 Å². The largest absolute Gasteiger partial charge is 0.477 e. The van der Waals surface area contributed by atoms with Gasteiger partial charge in [-0.3, -0.25) is 0 Å². The molecule has 1 aromatic heterocycles. The summed E-state index contributed by atoms with van der Waals surface area (Å²) in [5, 5.41) is 19.6. The summed E-state index contributed by atoms with van der Waals surface area (Å²) >= 11 is 7.92. The molecular formula is C25H29ClO3S. The minimum atomic E-state index is -0.871. The number of aryl methyl sites for hydroxylation is 2. The number of aliphatic hydroxyl groups is 1. The molecule has 1 fully saturated rings. The zero-order valence-corrected chi connectivity index (χ0v) is 18.6. The minimum Gasteiger partial charge on any atom is -0.477 e. The molecule has 160 valence electrons. The summed E-state index contributed by atoms with van der Waals surface area (Å²) in [4.78, 5) is 12.5. The number of carboxylic acid groups (broad SMARTS) is 1. The van der Waals surface area contributed by atoms with Crippen LogP contribution in [-0.2, 0) is 12.8 Å². The number of aromatic carboxylic acids is 1. The molecule has 0 spiro atoms. The van der Waals surface area contributed by atoms with E-state index in [2.05, 4.69) is 43.0 Å². The Labute approximate surface area is 187 Å². The van der Waals surface area contributed by atoms with Gasteiger partial charge in [0.1, 0.15) is 4.88 Å². The summed E-state index contributed by atoms with van der Waals surface area (Å²) in [6, 6.07) is 12.0. The highest BCUT2D eigenvalue weighted by molar-refractivity contribution is 7.13. The van der Waals surface area contributed by atoms with Crippen molar-refractivity contribution in [2.24, 2.45) is 11.8 Å². The van der Waals surface area contributed by atoms with Crippen LogP contribution in [0.15, 0.2) is 55.1 Å². The van der Waals surface area contributed by atoms with Gasteiger partial charge in [-0.05, 0) is 67.7 Å². The average molecular weight is 445 g/mol. The van der Waals surface area contributed by atoms with Crippen molar-refractivity contribution < 1.29 is 15.0 Å². The van der Waals surface area contributed by atoms with Gasteiger partial charge in [-0.15, -0.1) is 29.5 Å². The first-order valence-electron chi connectivity index (χ1n) is 10.5. The molecule has 5 heteroatoms. The predicted molar refractivity (Wildman–Crippen MR) is 125 cm³/mol. The summed E-state index contributed by atoms with van der Waals surface area (Å²) in [7, 11) is 0. The lowest BCUT2D eigenvalue weighted by atomic mass is 9.89. The number of allylic oxidation sites excluding steroid dienone is 1. The Morgan fingerprint density at radius 1 is 1.27 bits per heavy atom. The van der Waals surface area contributed by atoms with Crippen LogP contribution in [0.1, 0.15) is 51.4 Å². The number of carboxylic acids is 1. The highest BCUT2D eigenvalue weighted by Crippen LogP contribution is 2.40. The SMILES string of the molecule is C=CCCc1cccc(C=CC2C(O)CC(Cl)C2CCCc2ccc(C(=O)O)s2)c1. The number of benzene rings is 1. The summed E-state index contributed by atoms with van der Waals surface area (Å²) in [5.74, 6) is -0.604. The van der Waals surface area contributed by atoms with E-state index in [0.29, 0.717) is 11.3 Å². The molecule has 1 aromatic carbocycles. The second-order valence-electron chi connectivity index (χ2n) is 7.96. The summed E-state index contributed by atoms with van der Waals surface area (Å²) in [6.07, 6.45) is 11.0. The number of halogens is 1. The molecule has 4 atom stereocenters. The topological polar surface area (TPSA) is 57.5 Å². The number of rotatable bonds is 10. The molecule has 3 nitrogen and oxygen atoms in total. The molecule has 1 heterocycles. The molecule has 1 aliphatic carbocycles. The van der Waals surface area contributed by atoms with Crippen LogP contribution in [-0.4, -0.2) is 27.7 Å². The Balaban J connectivity index is 1.60. The van der Waals surface area contributed by atoms with E-state index in [-0.39, 0.29) is 17.2 Å². The van der Waals surface area contributed by atoms with Gasteiger partial charge < -0.3 is 10.2 Å². The van der Waals surface area contributed by atoms with E-state index < -0.39 is 12.1 Å². The fourth-order valence-corrected chi connectivity index (χ4v) is 5.58. The fraction of sp³-hybridized carbons (Fsp3) is 0.400. The maximum Gasteiger partial charge on any atom is 0.345 e. The predicted octanol–water partition coefficient (Wildman–Crippen LogP) is 6.21. The first kappa shape index (κ1) is 22.8. The van der Waals surface area contributed by atoms with Gasteiger partial charge in [0.15, 0.2) is 0 Å². The quantitative estimate of drug-likeness (QED) is 0.338. The number of hydrogen-bond donors (Lipinski definition) is 2. The highest BCUT2D eigenvalue weighted by atomic mass is 35.5. The molecule has 3 rings (SSSR count). The lowest BCUT2D eigenvalue weighted by Gasteiger charge is -2.20. The average Bonchev–Trinajstić information content (AvgIpc) is 3.30. The van der Waals surface area contributed by atoms with E-state index in [1.54, 1.807) is 6.07 Å². The van der Waals surface area contributed by atoms with E-state index in [0.717, 1.165) is 42.5 Å². The number of carbonyl (C=O) groups is 1. The number of alkyl halides is 1. The Morgan fingerprint density at radius 2 is 2.10 bits per heavy atom. The summed E-state index contributed by atoms with van der Waals surface area (Å²) in [5.41, 5.74) is 2.42. The van der Waals surface area contributed by atoms with Gasteiger partial charge in [0.25, 0.3) is 0 Å². The Hall–Kier alpha value is -1.88. The van der Waals surface area contributed by atoms with Crippen molar-refractivity contribution in [2.45, 2.75) is 50.0 Å². The molecule has 4 unspecified atom stereocenters. The molecule has 2 aromatic rings. The third-order valence-electron chi connectivity index (χ3n) is 5.80. The zero-order valence-electron chi connectivity index (χ0n) is 17.0. The molecular weight excluding hydrogens is 416 g/mol. The van der Waals surface area contributed by atoms with Gasteiger partial charge >= 0.3 is 5.97 Å². The van der Waals surface area contributed by atoms with E-state index in [1.165, 1.54) is 16.9 Å². The second kappa shape index (κ2) is 10.9. The third kappa shape index (κ3) is 6.07. The van der Waals surface area contributed by atoms with Crippen molar-refractivity contribution in [1.29, 1.82) is 0 Å². The van der Waals surface area contributed by atoms with Crippen LogP contribution in [0.3, 0.4) is 0 Å². The second-order valence-corrected chi connectivity index (χ2v) is 9.68. The molecule has 0 aliphatic heterocycles. The van der Waals surface area contributed by atoms with Gasteiger partial charge in [-0.1, -0.05) is 42.5 Å². The van der Waals surface area contributed by atoms with Crippen LogP contribution < -0.4 is 0 Å². The highest BCUT2D eigenvalue weighted by Gasteiger charge is 2.39. The van der Waals surface area contributed by atoms with Gasteiger partial charge in [0.2, 0.25) is 0 Å². The van der Waals surface area contributed by atoms with Crippen LogP contribution in [0.25, 0.3) is 6.08 Å². The molecule has 0 saturated heterocycles. The number of aliphatic hydroxyl groups excluding tert-OH is 1. The summed E-state index contributed by atoms with van der Waals surface area (Å²) < 4.78 is 0. The van der Waals surface area contributed by atoms with Crippen molar-refractivity contribution in [3.05, 3.63) is 76.0 Å². The van der Waals surface area contributed by atoms with Crippen LogP contribution in [0, 0.1) is 11.8 Å². The maximum absolute atomic E-state index is 11.0. The first-order chi connectivity index (χ1) is 14.5. The molecule has 1 saturated carbocycles. The van der Waals surface area contributed by atoms with Gasteiger partial charge in [0.05, 0.1) is 6.10 Å². The Morgan fingerprint density at radius 3 is 2.83 bits per heavy atom. The van der Waals surface area contributed by atoms with Gasteiger partial charge in [0, 0.05) is 16.2 Å². The van der Waals surface area contributed by atoms with Gasteiger partial charge in [-0.25, -0.2) is 4.79 Å². The van der Waals surface area contributed by atoms with Crippen LogP contribution in [0.4, 0.5) is 0 Å². The summed E-state index contributed by atoms with van der Waals surface area (Å²) in [6.45, 7) is 3.78. The van der Waals surface area contributed by atoms with Crippen molar-refractivity contribution in [2.75, 3.05) is 0 Å². The van der Waals surface area contributed by atoms with E-state index >= 15 is 0 Å². The number of hydrogen-bond acceptors (Lipinski definition) is 3. The monoisotopic (exact) mass is 444 g/mol. The van der Waals surface area contributed by atoms with Crippen molar-refractivity contribution in [3.63, 3.8) is 0 Å². The molecule has 0 bridgehead atoms. The normalized spacial score (nSPS) is 23.8. The lowest BCUT2D eigenvalue weighted by molar-refractivity contribution is 0.0702. The van der Waals surface area contributed by atoms with Crippen molar-refractivity contribution in [3.8, 4) is 0 Å². The van der Waals surface area contributed by atoms with Crippen molar-refractivity contribution >= 4 is 35.0 Å². The molecule has 0 amide bonds. The molecule has 2 N–H and O–H groups in total. The zero-order chi connectivity index (χ0) is 21.5. The maximum atomic E-state index is 11.0. The Kier molecular flexibility index (Phi) is 8.32. The van der Waals surface area contributed by atoms with E-state index in [4.69, 9.17) is 16.7 Å². The van der Waals surface area contributed by atoms with Crippen LogP contribution in [0.2, 0.25) is 0 Å². The molecule has 0 radical (unpaired) electrons. The van der Waals surface area contributed by atoms with Crippen molar-refractivity contribution in [1.82, 2.24) is 0 Å². The smallest absolute Gasteiger partial charge is 0.345 e. The molecule has 1 aliphatic rings. The van der Waals surface area contributed by atoms with Gasteiger partial charge in [-0.2, -0.15) is 0 Å². The minimum absolute atomic E-state index is 0.0357. The van der Waals surface area contributed by atoms with Crippen LogP contribution in [0.5, 0.6) is 0 Å². The molecule has 30 heavy (non-hydrogen) atoms. The number of thiophene rings is 1. The van der Waals surface area contributed by atoms with E-state index in [9.17, 15) is 9.90 Å². The third-order valence-corrected chi connectivity index (χ3v) is 7.44. The van der Waals surface area contributed by atoms with E-state index in [1.807, 2.05) is 12.1 Å².